The van der Waals surface area contributed by atoms with E-state index in [-0.39, 0.29) is 13.5 Å². The van der Waals surface area contributed by atoms with Gasteiger partial charge in [-0.2, -0.15) is 0 Å². The summed E-state index contributed by atoms with van der Waals surface area (Å²) in [6, 6.07) is 26.6. The number of rotatable bonds is 6. The van der Waals surface area contributed by atoms with Gasteiger partial charge in [0, 0.05) is 0 Å². The maximum absolute atomic E-state index is 13.1. The third kappa shape index (κ3) is 5.29. The molecule has 24 heavy (non-hydrogen) atoms. The molecule has 3 aromatic carbocycles. The molecule has 0 aromatic heterocycles. The molecule has 3 rings (SSSR count). The Morgan fingerprint density at radius 2 is 0.750 bits per heavy atom. The molecule has 0 saturated carbocycles. The molecule has 0 aliphatic rings. The summed E-state index contributed by atoms with van der Waals surface area (Å²) in [6.45, 7) is 0. The van der Waals surface area contributed by atoms with Crippen LogP contribution < -0.4 is 9.05 Å². The van der Waals surface area contributed by atoms with Crippen LogP contribution in [0.25, 0.3) is 0 Å². The van der Waals surface area contributed by atoms with Gasteiger partial charge in [0.05, 0.1) is 0 Å². The van der Waals surface area contributed by atoms with Gasteiger partial charge in [0.1, 0.15) is 0 Å². The van der Waals surface area contributed by atoms with Crippen molar-refractivity contribution in [1.29, 1.82) is 0 Å². The second kappa shape index (κ2) is 8.76. The van der Waals surface area contributed by atoms with Crippen LogP contribution in [0.15, 0.2) is 91.0 Å². The van der Waals surface area contributed by atoms with Crippen molar-refractivity contribution in [1.82, 2.24) is 0 Å². The van der Waals surface area contributed by atoms with E-state index < -0.39 is 20.1 Å². The molecule has 4 nitrogen and oxygen atoms in total. The SMILES string of the molecule is [O]=[Sb]([O]c1ccccc1)([O]c1ccccc1)[O]c1ccccc1.[SH3+]. The summed E-state index contributed by atoms with van der Waals surface area (Å²) >= 11 is -4.96. The predicted octanol–water partition coefficient (Wildman–Crippen LogP) is 3.28. The fourth-order valence-electron chi connectivity index (χ4n) is 1.89. The molecule has 6 heteroatoms. The zero-order valence-electron chi connectivity index (χ0n) is 12.8. The molecule has 0 radical (unpaired) electrons. The summed E-state index contributed by atoms with van der Waals surface area (Å²) in [5, 5.41) is 0. The Hall–Kier alpha value is -1.97. The summed E-state index contributed by atoms with van der Waals surface area (Å²) in [5.74, 6) is 1.33. The van der Waals surface area contributed by atoms with Gasteiger partial charge in [-0.1, -0.05) is 13.5 Å². The van der Waals surface area contributed by atoms with E-state index in [4.69, 9.17) is 9.05 Å². The minimum atomic E-state index is -4.96. The molecule has 0 spiro atoms. The molecule has 0 aliphatic carbocycles. The second-order valence-corrected chi connectivity index (χ2v) is 8.78. The van der Waals surface area contributed by atoms with Gasteiger partial charge >= 0.3 is 140 Å². The van der Waals surface area contributed by atoms with E-state index in [2.05, 4.69) is 0 Å². The maximum Gasteiger partial charge on any atom is -0.0576 e. The molecule has 0 unspecified atom stereocenters. The topological polar surface area (TPSA) is 44.8 Å². The molecule has 0 bridgehead atoms. The van der Waals surface area contributed by atoms with Crippen LogP contribution in [0.3, 0.4) is 0 Å². The molecule has 0 heterocycles. The second-order valence-electron chi connectivity index (χ2n) is 4.66. The van der Waals surface area contributed by atoms with E-state index in [1.165, 1.54) is 0 Å². The smallest absolute Gasteiger partial charge is 0.0576 e. The van der Waals surface area contributed by atoms with Crippen molar-refractivity contribution in [2.45, 2.75) is 0 Å². The molecule has 0 amide bonds. The fourth-order valence-corrected chi connectivity index (χ4v) is 5.46. The van der Waals surface area contributed by atoms with E-state index in [0.29, 0.717) is 17.2 Å². The summed E-state index contributed by atoms with van der Waals surface area (Å²) in [4.78, 5) is 0. The minimum absolute atomic E-state index is 0. The summed E-state index contributed by atoms with van der Waals surface area (Å²) in [5.41, 5.74) is 0. The molecule has 0 aliphatic heterocycles. The predicted molar refractivity (Wildman–Crippen MR) is 99.2 cm³/mol. The largest absolute Gasteiger partial charge is 0.0576 e. The molecular formula is C18H18O4SSb+. The Bertz CT molecular complexity index is 674. The first-order valence-corrected chi connectivity index (χ1v) is 11.2. The Balaban J connectivity index is 0.00000208. The van der Waals surface area contributed by atoms with Gasteiger partial charge in [0.25, 0.3) is 0 Å². The Labute approximate surface area is 153 Å². The van der Waals surface area contributed by atoms with Gasteiger partial charge in [-0.05, 0) is 0 Å². The van der Waals surface area contributed by atoms with Gasteiger partial charge < -0.3 is 0 Å². The first kappa shape index (κ1) is 18.4. The van der Waals surface area contributed by atoms with E-state index >= 15 is 0 Å². The van der Waals surface area contributed by atoms with Crippen LogP contribution in [-0.2, 0) is 16.5 Å². The van der Waals surface area contributed by atoms with Crippen molar-refractivity contribution in [2.75, 3.05) is 0 Å². The molecule has 3 aromatic rings. The molecular weight excluding hydrogens is 434 g/mol. The van der Waals surface area contributed by atoms with Crippen LogP contribution in [0.4, 0.5) is 0 Å². The monoisotopic (exact) mass is 451 g/mol. The number of para-hydroxylation sites is 3. The van der Waals surface area contributed by atoms with Gasteiger partial charge in [-0.25, -0.2) is 0 Å². The van der Waals surface area contributed by atoms with Gasteiger partial charge in [0.2, 0.25) is 0 Å². The zero-order valence-corrected chi connectivity index (χ0v) is 16.5. The first-order chi connectivity index (χ1) is 11.2. The van der Waals surface area contributed by atoms with Crippen molar-refractivity contribution in [2.24, 2.45) is 0 Å². The summed E-state index contributed by atoms with van der Waals surface area (Å²) < 4.78 is 30.0. The average molecular weight is 452 g/mol. The van der Waals surface area contributed by atoms with Crippen LogP contribution in [-0.4, -0.2) is 20.1 Å². The Kier molecular flexibility index (Phi) is 6.71. The molecule has 0 saturated heterocycles. The Morgan fingerprint density at radius 1 is 0.500 bits per heavy atom. The third-order valence-electron chi connectivity index (χ3n) is 2.88. The van der Waals surface area contributed by atoms with Crippen LogP contribution in [0.2, 0.25) is 0 Å². The standard InChI is InChI=1S/3C6H6O.O.H2S.Sb/c3*7-6-4-2-1-3-5-6;;;/h3*1-5,7H;;1H2;/q;;;;;+3/p-2. The normalized spacial score (nSPS) is 10.3. The van der Waals surface area contributed by atoms with Crippen molar-refractivity contribution in [3.8, 4) is 17.2 Å². The Morgan fingerprint density at radius 3 is 1.00 bits per heavy atom. The first-order valence-electron chi connectivity index (χ1n) is 7.07. The van der Waals surface area contributed by atoms with Crippen molar-refractivity contribution >= 4 is 33.6 Å². The van der Waals surface area contributed by atoms with Crippen molar-refractivity contribution < 1.29 is 12.1 Å². The number of hydrogen-bond acceptors (Lipinski definition) is 4. The van der Waals surface area contributed by atoms with Crippen molar-refractivity contribution in [3.63, 3.8) is 0 Å². The van der Waals surface area contributed by atoms with Crippen LogP contribution in [0.5, 0.6) is 17.2 Å². The molecule has 0 atom stereocenters. The molecule has 0 fully saturated rings. The quantitative estimate of drug-likeness (QED) is 0.426. The van der Waals surface area contributed by atoms with E-state index in [1.807, 2.05) is 18.2 Å². The van der Waals surface area contributed by atoms with Crippen LogP contribution >= 0.6 is 0 Å². The van der Waals surface area contributed by atoms with E-state index in [0.717, 1.165) is 0 Å². The zero-order chi connectivity index (χ0) is 16.0. The minimum Gasteiger partial charge on any atom is -0.0576 e. The van der Waals surface area contributed by atoms with Crippen LogP contribution in [0, 0.1) is 0 Å². The molecule has 124 valence electrons. The van der Waals surface area contributed by atoms with Gasteiger partial charge in [0.15, 0.2) is 0 Å². The van der Waals surface area contributed by atoms with E-state index in [9.17, 15) is 3.02 Å². The van der Waals surface area contributed by atoms with Gasteiger partial charge in [-0.3, -0.25) is 0 Å². The van der Waals surface area contributed by atoms with Crippen molar-refractivity contribution in [3.05, 3.63) is 91.0 Å². The van der Waals surface area contributed by atoms with Crippen LogP contribution in [0.1, 0.15) is 0 Å². The van der Waals surface area contributed by atoms with E-state index in [1.54, 1.807) is 72.8 Å². The average Bonchev–Trinajstić information content (AvgIpc) is 2.57. The number of hydrogen-bond donors (Lipinski definition) is 0. The van der Waals surface area contributed by atoms with Gasteiger partial charge in [-0.15, -0.1) is 0 Å². The summed E-state index contributed by atoms with van der Waals surface area (Å²) in [7, 11) is 0. The third-order valence-corrected chi connectivity index (χ3v) is 6.60. The summed E-state index contributed by atoms with van der Waals surface area (Å²) in [6.07, 6.45) is 0. The fraction of sp³-hybridized carbons (Fsp3) is 0. The molecule has 0 N–H and O–H groups in total. The number of benzene rings is 3. The maximum atomic E-state index is 13.1.